The number of anilines is 3. The van der Waals surface area contributed by atoms with Gasteiger partial charge in [-0.15, -0.1) is 0 Å². The molecule has 0 aliphatic carbocycles. The van der Waals surface area contributed by atoms with E-state index in [1.165, 1.54) is 24.3 Å². The third kappa shape index (κ3) is 5.67. The molecule has 11 heteroatoms. The second-order valence-corrected chi connectivity index (χ2v) is 9.27. The van der Waals surface area contributed by atoms with Crippen molar-refractivity contribution in [3.8, 4) is 0 Å². The van der Waals surface area contributed by atoms with Crippen molar-refractivity contribution in [2.45, 2.75) is 13.3 Å². The number of carbonyl (C=O) groups is 4. The van der Waals surface area contributed by atoms with Crippen molar-refractivity contribution < 1.29 is 23.9 Å². The van der Waals surface area contributed by atoms with Crippen LogP contribution in [0.5, 0.6) is 0 Å². The molecular weight excluding hydrogens is 553 g/mol. The van der Waals surface area contributed by atoms with E-state index < -0.39 is 23.7 Å². The van der Waals surface area contributed by atoms with Crippen molar-refractivity contribution in [1.82, 2.24) is 0 Å². The molecule has 0 atom stereocenters. The van der Waals surface area contributed by atoms with Gasteiger partial charge in [0, 0.05) is 16.9 Å². The van der Waals surface area contributed by atoms with E-state index in [1.807, 2.05) is 6.92 Å². The quantitative estimate of drug-likeness (QED) is 0.244. The molecule has 0 fully saturated rings. The van der Waals surface area contributed by atoms with Crippen LogP contribution >= 0.6 is 34.8 Å². The Morgan fingerprint density at radius 2 is 1.63 bits per heavy atom. The van der Waals surface area contributed by atoms with Crippen molar-refractivity contribution in [2.24, 2.45) is 0 Å². The predicted molar refractivity (Wildman–Crippen MR) is 147 cm³/mol. The van der Waals surface area contributed by atoms with Gasteiger partial charge in [0.15, 0.2) is 0 Å². The summed E-state index contributed by atoms with van der Waals surface area (Å²) < 4.78 is 5.19. The van der Waals surface area contributed by atoms with E-state index >= 15 is 0 Å². The largest absolute Gasteiger partial charge is 0.462 e. The minimum absolute atomic E-state index is 0.0494. The molecule has 1 heterocycles. The third-order valence-corrected chi connectivity index (χ3v) is 6.49. The number of amides is 3. The monoisotopic (exact) mass is 571 g/mol. The first-order valence-corrected chi connectivity index (χ1v) is 12.5. The van der Waals surface area contributed by atoms with Crippen molar-refractivity contribution >= 4 is 75.6 Å². The van der Waals surface area contributed by atoms with E-state index in [4.69, 9.17) is 39.5 Å². The van der Waals surface area contributed by atoms with E-state index in [0.29, 0.717) is 22.8 Å². The molecule has 3 aromatic carbocycles. The average molecular weight is 573 g/mol. The Hall–Kier alpha value is -3.85. The first-order chi connectivity index (χ1) is 18.2. The van der Waals surface area contributed by atoms with Crippen LogP contribution in [0.15, 0.2) is 77.5 Å². The van der Waals surface area contributed by atoms with E-state index in [1.54, 1.807) is 42.5 Å². The molecule has 38 heavy (non-hydrogen) atoms. The normalized spacial score (nSPS) is 13.1. The summed E-state index contributed by atoms with van der Waals surface area (Å²) in [6, 6.07) is 17.0. The minimum atomic E-state index is -0.802. The van der Waals surface area contributed by atoms with Crippen molar-refractivity contribution in [2.75, 3.05) is 22.1 Å². The molecule has 0 unspecified atom stereocenters. The molecular formula is C27H20Cl3N3O5. The summed E-state index contributed by atoms with van der Waals surface area (Å²) in [5.41, 5.74) is 0.934. The first kappa shape index (κ1) is 27.2. The van der Waals surface area contributed by atoms with Gasteiger partial charge in [0.1, 0.15) is 10.7 Å². The molecule has 0 bridgehead atoms. The number of ether oxygens (including phenoxy) is 1. The van der Waals surface area contributed by atoms with Crippen molar-refractivity contribution in [3.05, 3.63) is 98.6 Å². The summed E-state index contributed by atoms with van der Waals surface area (Å²) in [4.78, 5) is 52.4. The van der Waals surface area contributed by atoms with Gasteiger partial charge in [-0.1, -0.05) is 59.9 Å². The number of hydrogen-bond donors (Lipinski definition) is 2. The number of nitrogens with one attached hydrogen (secondary N) is 2. The number of esters is 1. The Kier molecular flexibility index (Phi) is 8.36. The molecule has 1 aliphatic heterocycles. The van der Waals surface area contributed by atoms with Crippen molar-refractivity contribution in [3.63, 3.8) is 0 Å². The van der Waals surface area contributed by atoms with Crippen LogP contribution in [-0.4, -0.2) is 30.3 Å². The van der Waals surface area contributed by atoms with Crippen LogP contribution < -0.4 is 15.5 Å². The number of halogens is 3. The number of nitrogens with zero attached hydrogens (tertiary/aromatic N) is 1. The fraction of sp³-hybridized carbons (Fsp3) is 0.111. The van der Waals surface area contributed by atoms with Crippen LogP contribution in [0, 0.1) is 0 Å². The van der Waals surface area contributed by atoms with Crippen LogP contribution in [0.2, 0.25) is 10.0 Å². The van der Waals surface area contributed by atoms with Gasteiger partial charge in [0.2, 0.25) is 0 Å². The number of benzene rings is 3. The summed E-state index contributed by atoms with van der Waals surface area (Å²) in [6.07, 6.45) is 0.613. The Balaban J connectivity index is 1.55. The Labute approximate surface area is 233 Å². The Morgan fingerprint density at radius 1 is 0.868 bits per heavy atom. The summed E-state index contributed by atoms with van der Waals surface area (Å²) in [5.74, 6) is -2.67. The lowest BCUT2D eigenvalue weighted by Crippen LogP contribution is -2.33. The van der Waals surface area contributed by atoms with Crippen LogP contribution in [0.25, 0.3) is 0 Å². The Bertz CT molecular complexity index is 1490. The van der Waals surface area contributed by atoms with Crippen LogP contribution in [0.4, 0.5) is 17.1 Å². The first-order valence-electron chi connectivity index (χ1n) is 11.4. The maximum atomic E-state index is 13.3. The van der Waals surface area contributed by atoms with Gasteiger partial charge in [-0.3, -0.25) is 14.4 Å². The zero-order chi connectivity index (χ0) is 27.4. The SMILES string of the molecule is CCCOC(=O)c1ccccc1N1C(=O)C(Cl)=C(Nc2cccc(C(=O)Nc3ccc(Cl)c(Cl)c3)c2)C1=O. The lowest BCUT2D eigenvalue weighted by atomic mass is 10.1. The highest BCUT2D eigenvalue weighted by atomic mass is 35.5. The van der Waals surface area contributed by atoms with E-state index in [-0.39, 0.29) is 39.2 Å². The van der Waals surface area contributed by atoms with Gasteiger partial charge < -0.3 is 15.4 Å². The summed E-state index contributed by atoms with van der Waals surface area (Å²) in [6.45, 7) is 2.04. The van der Waals surface area contributed by atoms with Gasteiger partial charge in [-0.05, 0) is 55.0 Å². The third-order valence-electron chi connectivity index (χ3n) is 5.40. The molecule has 3 aromatic rings. The second kappa shape index (κ2) is 11.7. The number of imide groups is 1. The topological polar surface area (TPSA) is 105 Å². The molecule has 0 aromatic heterocycles. The summed E-state index contributed by atoms with van der Waals surface area (Å²) in [5, 5.41) is 5.82. The summed E-state index contributed by atoms with van der Waals surface area (Å²) >= 11 is 18.2. The van der Waals surface area contributed by atoms with Crippen LogP contribution in [0.1, 0.15) is 34.1 Å². The minimum Gasteiger partial charge on any atom is -0.462 e. The van der Waals surface area contributed by atoms with Gasteiger partial charge in [0.25, 0.3) is 17.7 Å². The standard InChI is InChI=1S/C27H20Cl3N3O5/c1-2-12-38-27(37)18-8-3-4-9-21(18)33-25(35)22(30)23(26(33)36)31-16-7-5-6-15(13-16)24(34)32-17-10-11-19(28)20(29)14-17/h3-11,13-14,31H,2,12H2,1H3,(H,32,34). The molecule has 2 N–H and O–H groups in total. The summed E-state index contributed by atoms with van der Waals surface area (Å²) in [7, 11) is 0. The van der Waals surface area contributed by atoms with Crippen LogP contribution in [-0.2, 0) is 14.3 Å². The second-order valence-electron chi connectivity index (χ2n) is 8.08. The highest BCUT2D eigenvalue weighted by Crippen LogP contribution is 2.33. The van der Waals surface area contributed by atoms with Gasteiger partial charge in [0.05, 0.1) is 27.9 Å². The Morgan fingerprint density at radius 3 is 2.37 bits per heavy atom. The molecule has 1 aliphatic rings. The van der Waals surface area contributed by atoms with Crippen LogP contribution in [0.3, 0.4) is 0 Å². The predicted octanol–water partition coefficient (Wildman–Crippen LogP) is 6.25. The molecule has 0 saturated carbocycles. The van der Waals surface area contributed by atoms with E-state index in [2.05, 4.69) is 10.6 Å². The lowest BCUT2D eigenvalue weighted by molar-refractivity contribution is -0.120. The number of rotatable bonds is 8. The fourth-order valence-corrected chi connectivity index (χ4v) is 4.11. The number of para-hydroxylation sites is 1. The van der Waals surface area contributed by atoms with Crippen molar-refractivity contribution in [1.29, 1.82) is 0 Å². The van der Waals surface area contributed by atoms with E-state index in [0.717, 1.165) is 4.90 Å². The maximum absolute atomic E-state index is 13.3. The molecule has 0 spiro atoms. The molecule has 8 nitrogen and oxygen atoms in total. The molecule has 3 amide bonds. The zero-order valence-electron chi connectivity index (χ0n) is 19.9. The van der Waals surface area contributed by atoms with Gasteiger partial charge in [-0.2, -0.15) is 0 Å². The highest BCUT2D eigenvalue weighted by molar-refractivity contribution is 6.53. The molecule has 4 rings (SSSR count). The average Bonchev–Trinajstić information content (AvgIpc) is 3.12. The maximum Gasteiger partial charge on any atom is 0.340 e. The molecule has 194 valence electrons. The molecule has 0 saturated heterocycles. The zero-order valence-corrected chi connectivity index (χ0v) is 22.2. The smallest absolute Gasteiger partial charge is 0.340 e. The number of carbonyl (C=O) groups excluding carboxylic acids is 4. The van der Waals surface area contributed by atoms with E-state index in [9.17, 15) is 19.2 Å². The fourth-order valence-electron chi connectivity index (χ4n) is 3.60. The molecule has 0 radical (unpaired) electrons. The highest BCUT2D eigenvalue weighted by Gasteiger charge is 2.40. The van der Waals surface area contributed by atoms with Gasteiger partial charge in [-0.25, -0.2) is 9.69 Å². The number of hydrogen-bond acceptors (Lipinski definition) is 6. The van der Waals surface area contributed by atoms with Gasteiger partial charge >= 0.3 is 5.97 Å². The lowest BCUT2D eigenvalue weighted by Gasteiger charge is -2.18.